The highest BCUT2D eigenvalue weighted by Gasteiger charge is 2.15. The van der Waals surface area contributed by atoms with E-state index in [0.29, 0.717) is 11.3 Å². The van der Waals surface area contributed by atoms with Crippen LogP contribution in [0.1, 0.15) is 24.1 Å². The molecule has 1 unspecified atom stereocenters. The Morgan fingerprint density at radius 3 is 2.58 bits per heavy atom. The van der Waals surface area contributed by atoms with Gasteiger partial charge >= 0.3 is 0 Å². The van der Waals surface area contributed by atoms with Crippen molar-refractivity contribution in [2.75, 3.05) is 7.05 Å². The minimum absolute atomic E-state index is 0.110. The Morgan fingerprint density at radius 1 is 1.16 bits per heavy atom. The van der Waals surface area contributed by atoms with Crippen LogP contribution in [0.5, 0.6) is 11.5 Å². The van der Waals surface area contributed by atoms with Crippen LogP contribution in [0.25, 0.3) is 0 Å². The number of halogens is 1. The van der Waals surface area contributed by atoms with E-state index in [2.05, 4.69) is 5.32 Å². The zero-order valence-corrected chi connectivity index (χ0v) is 11.4. The SMILES string of the molecule is CNC(C)c1c(F)cccc1Oc1cccc(C)c1. The van der Waals surface area contributed by atoms with Crippen molar-refractivity contribution in [3.63, 3.8) is 0 Å². The summed E-state index contributed by atoms with van der Waals surface area (Å²) in [6.07, 6.45) is 0. The van der Waals surface area contributed by atoms with Gasteiger partial charge in [0.05, 0.1) is 0 Å². The Kier molecular flexibility index (Phi) is 4.17. The molecule has 0 bridgehead atoms. The molecular weight excluding hydrogens is 241 g/mol. The standard InChI is InChI=1S/C16H18FNO/c1-11-6-4-7-13(10-11)19-15-9-5-8-14(17)16(15)12(2)18-3/h4-10,12,18H,1-3H3. The van der Waals surface area contributed by atoms with Crippen molar-refractivity contribution in [2.45, 2.75) is 19.9 Å². The van der Waals surface area contributed by atoms with E-state index in [-0.39, 0.29) is 11.9 Å². The molecule has 0 amide bonds. The van der Waals surface area contributed by atoms with Gasteiger partial charge in [-0.3, -0.25) is 0 Å². The molecule has 0 aliphatic rings. The molecule has 2 aromatic carbocycles. The highest BCUT2D eigenvalue weighted by Crippen LogP contribution is 2.31. The van der Waals surface area contributed by atoms with Crippen molar-refractivity contribution in [1.82, 2.24) is 5.32 Å². The van der Waals surface area contributed by atoms with Gasteiger partial charge in [-0.1, -0.05) is 18.2 Å². The molecule has 0 heterocycles. The molecule has 2 aromatic rings. The summed E-state index contributed by atoms with van der Waals surface area (Å²) in [4.78, 5) is 0. The lowest BCUT2D eigenvalue weighted by Crippen LogP contribution is -2.14. The maximum Gasteiger partial charge on any atom is 0.135 e. The van der Waals surface area contributed by atoms with Crippen LogP contribution in [-0.4, -0.2) is 7.05 Å². The number of ether oxygens (including phenoxy) is 1. The second kappa shape index (κ2) is 5.85. The lowest BCUT2D eigenvalue weighted by molar-refractivity contribution is 0.452. The summed E-state index contributed by atoms with van der Waals surface area (Å²) in [5.74, 6) is 1.01. The molecule has 0 saturated heterocycles. The topological polar surface area (TPSA) is 21.3 Å². The molecule has 0 spiro atoms. The summed E-state index contributed by atoms with van der Waals surface area (Å²) < 4.78 is 19.8. The maximum absolute atomic E-state index is 13.9. The Bertz CT molecular complexity index is 568. The Hall–Kier alpha value is -1.87. The van der Waals surface area contributed by atoms with Crippen molar-refractivity contribution in [3.05, 3.63) is 59.4 Å². The van der Waals surface area contributed by atoms with Crippen LogP contribution in [0.2, 0.25) is 0 Å². The van der Waals surface area contributed by atoms with Gasteiger partial charge in [-0.15, -0.1) is 0 Å². The summed E-state index contributed by atoms with van der Waals surface area (Å²) in [5, 5.41) is 3.04. The molecule has 0 saturated carbocycles. The van der Waals surface area contributed by atoms with Gasteiger partial charge in [0.2, 0.25) is 0 Å². The van der Waals surface area contributed by atoms with Gasteiger partial charge in [-0.25, -0.2) is 4.39 Å². The molecule has 0 aliphatic carbocycles. The predicted molar refractivity (Wildman–Crippen MR) is 75.1 cm³/mol. The van der Waals surface area contributed by atoms with Crippen LogP contribution in [0.3, 0.4) is 0 Å². The fourth-order valence-electron chi connectivity index (χ4n) is 1.98. The van der Waals surface area contributed by atoms with Crippen LogP contribution in [0.15, 0.2) is 42.5 Å². The van der Waals surface area contributed by atoms with Crippen LogP contribution >= 0.6 is 0 Å². The zero-order chi connectivity index (χ0) is 13.8. The predicted octanol–water partition coefficient (Wildman–Crippen LogP) is 4.21. The van der Waals surface area contributed by atoms with Gasteiger partial charge in [-0.05, 0) is 50.7 Å². The van der Waals surface area contributed by atoms with Crippen LogP contribution in [0.4, 0.5) is 4.39 Å². The summed E-state index contributed by atoms with van der Waals surface area (Å²) in [7, 11) is 1.80. The van der Waals surface area contributed by atoms with E-state index >= 15 is 0 Å². The normalized spacial score (nSPS) is 12.2. The van der Waals surface area contributed by atoms with Gasteiger partial charge in [0.1, 0.15) is 17.3 Å². The number of rotatable bonds is 4. The monoisotopic (exact) mass is 259 g/mol. The van der Waals surface area contributed by atoms with E-state index in [0.717, 1.165) is 11.3 Å². The highest BCUT2D eigenvalue weighted by atomic mass is 19.1. The lowest BCUT2D eigenvalue weighted by atomic mass is 10.1. The maximum atomic E-state index is 13.9. The molecule has 19 heavy (non-hydrogen) atoms. The fraction of sp³-hybridized carbons (Fsp3) is 0.250. The van der Waals surface area contributed by atoms with Gasteiger partial charge in [-0.2, -0.15) is 0 Å². The lowest BCUT2D eigenvalue weighted by Gasteiger charge is -2.17. The van der Waals surface area contributed by atoms with Crippen molar-refractivity contribution < 1.29 is 9.13 Å². The summed E-state index contributed by atoms with van der Waals surface area (Å²) in [6.45, 7) is 3.90. The summed E-state index contributed by atoms with van der Waals surface area (Å²) in [5.41, 5.74) is 1.66. The molecule has 0 radical (unpaired) electrons. The van der Waals surface area contributed by atoms with Crippen molar-refractivity contribution in [1.29, 1.82) is 0 Å². The van der Waals surface area contributed by atoms with Crippen molar-refractivity contribution >= 4 is 0 Å². The average Bonchev–Trinajstić information content (AvgIpc) is 2.38. The minimum atomic E-state index is -0.257. The molecule has 1 N–H and O–H groups in total. The molecule has 2 nitrogen and oxygen atoms in total. The van der Waals surface area contributed by atoms with Gasteiger partial charge in [0.25, 0.3) is 0 Å². The number of benzene rings is 2. The largest absolute Gasteiger partial charge is 0.457 e. The molecule has 0 aromatic heterocycles. The first-order chi connectivity index (χ1) is 9.11. The molecule has 1 atom stereocenters. The molecule has 2 rings (SSSR count). The van der Waals surface area contributed by atoms with E-state index in [9.17, 15) is 4.39 Å². The van der Waals surface area contributed by atoms with Crippen LogP contribution in [0, 0.1) is 12.7 Å². The Morgan fingerprint density at radius 2 is 1.89 bits per heavy atom. The van der Waals surface area contributed by atoms with Gasteiger partial charge < -0.3 is 10.1 Å². The third-order valence-corrected chi connectivity index (χ3v) is 3.10. The number of hydrogen-bond donors (Lipinski definition) is 1. The molecular formula is C16H18FNO. The third kappa shape index (κ3) is 3.12. The first-order valence-electron chi connectivity index (χ1n) is 6.32. The first kappa shape index (κ1) is 13.6. The van der Waals surface area contributed by atoms with Crippen LogP contribution in [-0.2, 0) is 0 Å². The second-order valence-electron chi connectivity index (χ2n) is 4.58. The van der Waals surface area contributed by atoms with E-state index in [1.165, 1.54) is 6.07 Å². The Labute approximate surface area is 113 Å². The van der Waals surface area contributed by atoms with Gasteiger partial charge in [0.15, 0.2) is 0 Å². The quantitative estimate of drug-likeness (QED) is 0.888. The number of hydrogen-bond acceptors (Lipinski definition) is 2. The highest BCUT2D eigenvalue weighted by molar-refractivity contribution is 5.41. The average molecular weight is 259 g/mol. The first-order valence-corrected chi connectivity index (χ1v) is 6.32. The second-order valence-corrected chi connectivity index (χ2v) is 4.58. The smallest absolute Gasteiger partial charge is 0.135 e. The van der Waals surface area contributed by atoms with E-state index in [1.807, 2.05) is 38.1 Å². The minimum Gasteiger partial charge on any atom is -0.457 e. The zero-order valence-electron chi connectivity index (χ0n) is 11.4. The Balaban J connectivity index is 2.37. The number of aryl methyl sites for hydroxylation is 1. The van der Waals surface area contributed by atoms with E-state index in [1.54, 1.807) is 19.2 Å². The molecule has 0 fully saturated rings. The fourth-order valence-corrected chi connectivity index (χ4v) is 1.98. The third-order valence-electron chi connectivity index (χ3n) is 3.10. The molecule has 0 aliphatic heterocycles. The van der Waals surface area contributed by atoms with Gasteiger partial charge in [0, 0.05) is 11.6 Å². The van der Waals surface area contributed by atoms with Crippen LogP contribution < -0.4 is 10.1 Å². The summed E-state index contributed by atoms with van der Waals surface area (Å²) in [6, 6.07) is 12.5. The van der Waals surface area contributed by atoms with E-state index in [4.69, 9.17) is 4.74 Å². The van der Waals surface area contributed by atoms with E-state index < -0.39 is 0 Å². The number of nitrogens with one attached hydrogen (secondary N) is 1. The van der Waals surface area contributed by atoms with Crippen molar-refractivity contribution in [3.8, 4) is 11.5 Å². The molecule has 100 valence electrons. The van der Waals surface area contributed by atoms with Crippen molar-refractivity contribution in [2.24, 2.45) is 0 Å². The molecule has 3 heteroatoms. The summed E-state index contributed by atoms with van der Waals surface area (Å²) >= 11 is 0.